The first-order valence-corrected chi connectivity index (χ1v) is 12.9. The van der Waals surface area contributed by atoms with E-state index in [4.69, 9.17) is 9.15 Å². The van der Waals surface area contributed by atoms with Gasteiger partial charge in [-0.3, -0.25) is 0 Å². The summed E-state index contributed by atoms with van der Waals surface area (Å²) in [7, 11) is -7.07. The minimum absolute atomic E-state index is 0.157. The molecular weight excluding hydrogens is 414 g/mol. The number of aryl methyl sites for hydroxylation is 1. The van der Waals surface area contributed by atoms with Gasteiger partial charge in [-0.25, -0.2) is 16.8 Å². The Labute approximate surface area is 172 Å². The molecule has 0 N–H and O–H groups in total. The molecule has 160 valence electrons. The Morgan fingerprint density at radius 2 is 1.86 bits per heavy atom. The molecule has 0 spiro atoms. The Kier molecular flexibility index (Phi) is 6.70. The summed E-state index contributed by atoms with van der Waals surface area (Å²) in [5.41, 5.74) is 0.760. The van der Waals surface area contributed by atoms with Crippen LogP contribution in [0.2, 0.25) is 0 Å². The maximum absolute atomic E-state index is 13.0. The number of sulfone groups is 1. The van der Waals surface area contributed by atoms with E-state index in [1.165, 1.54) is 10.6 Å². The SMILES string of the molecule is CCCOc1ccc(S(=O)(=O)N2CCC(S(=O)(=O)Cc3ccco3)CC2)cc1C. The molecule has 2 aromatic rings. The van der Waals surface area contributed by atoms with Crippen molar-refractivity contribution in [3.63, 3.8) is 0 Å². The predicted molar refractivity (Wildman–Crippen MR) is 110 cm³/mol. The topological polar surface area (TPSA) is 93.9 Å². The Bertz CT molecular complexity index is 1020. The lowest BCUT2D eigenvalue weighted by molar-refractivity contribution is 0.315. The van der Waals surface area contributed by atoms with Gasteiger partial charge in [0.1, 0.15) is 17.3 Å². The molecule has 29 heavy (non-hydrogen) atoms. The van der Waals surface area contributed by atoms with E-state index in [1.54, 1.807) is 30.3 Å². The van der Waals surface area contributed by atoms with E-state index in [2.05, 4.69) is 0 Å². The lowest BCUT2D eigenvalue weighted by Gasteiger charge is -2.31. The van der Waals surface area contributed by atoms with Crippen molar-refractivity contribution in [3.05, 3.63) is 47.9 Å². The highest BCUT2D eigenvalue weighted by Crippen LogP contribution is 2.28. The van der Waals surface area contributed by atoms with Crippen LogP contribution in [0.4, 0.5) is 0 Å². The molecule has 1 aromatic carbocycles. The third kappa shape index (κ3) is 5.02. The Balaban J connectivity index is 1.67. The van der Waals surface area contributed by atoms with Gasteiger partial charge in [0.15, 0.2) is 9.84 Å². The van der Waals surface area contributed by atoms with Crippen LogP contribution in [0.5, 0.6) is 5.75 Å². The summed E-state index contributed by atoms with van der Waals surface area (Å²) in [6.07, 6.45) is 2.87. The van der Waals surface area contributed by atoms with Gasteiger partial charge in [-0.1, -0.05) is 6.92 Å². The second kappa shape index (κ2) is 8.89. The molecule has 7 nitrogen and oxygen atoms in total. The number of furan rings is 1. The molecule has 2 heterocycles. The lowest BCUT2D eigenvalue weighted by atomic mass is 10.2. The molecule has 1 saturated heterocycles. The van der Waals surface area contributed by atoms with E-state index in [1.807, 2.05) is 13.8 Å². The van der Waals surface area contributed by atoms with Gasteiger partial charge in [-0.2, -0.15) is 4.31 Å². The molecule has 3 rings (SSSR count). The zero-order valence-corrected chi connectivity index (χ0v) is 18.3. The molecule has 1 aromatic heterocycles. The largest absolute Gasteiger partial charge is 0.493 e. The van der Waals surface area contributed by atoms with Crippen molar-refractivity contribution < 1.29 is 26.0 Å². The second-order valence-electron chi connectivity index (χ2n) is 7.27. The smallest absolute Gasteiger partial charge is 0.243 e. The van der Waals surface area contributed by atoms with Gasteiger partial charge in [-0.05, 0) is 62.1 Å². The van der Waals surface area contributed by atoms with E-state index < -0.39 is 25.1 Å². The minimum atomic E-state index is -3.68. The third-order valence-electron chi connectivity index (χ3n) is 5.08. The summed E-state index contributed by atoms with van der Waals surface area (Å²) in [6.45, 7) is 4.76. The summed E-state index contributed by atoms with van der Waals surface area (Å²) in [5, 5.41) is -0.564. The lowest BCUT2D eigenvalue weighted by Crippen LogP contribution is -2.42. The van der Waals surface area contributed by atoms with Gasteiger partial charge in [0.2, 0.25) is 10.0 Å². The van der Waals surface area contributed by atoms with Crippen LogP contribution in [0.15, 0.2) is 45.9 Å². The van der Waals surface area contributed by atoms with Gasteiger partial charge in [-0.15, -0.1) is 0 Å². The fraction of sp³-hybridized carbons (Fsp3) is 0.500. The number of piperidine rings is 1. The highest BCUT2D eigenvalue weighted by molar-refractivity contribution is 7.91. The fourth-order valence-electron chi connectivity index (χ4n) is 3.45. The number of rotatable bonds is 8. The van der Waals surface area contributed by atoms with Crippen LogP contribution >= 0.6 is 0 Å². The van der Waals surface area contributed by atoms with E-state index in [9.17, 15) is 16.8 Å². The molecule has 1 fully saturated rings. The predicted octanol–water partition coefficient (Wildman–Crippen LogP) is 3.14. The van der Waals surface area contributed by atoms with Crippen molar-refractivity contribution in [1.82, 2.24) is 4.31 Å². The summed E-state index contributed by atoms with van der Waals surface area (Å²) in [4.78, 5) is 0.204. The zero-order valence-electron chi connectivity index (χ0n) is 16.7. The third-order valence-corrected chi connectivity index (χ3v) is 9.15. The molecule has 0 unspecified atom stereocenters. The van der Waals surface area contributed by atoms with Gasteiger partial charge < -0.3 is 9.15 Å². The van der Waals surface area contributed by atoms with Crippen LogP contribution < -0.4 is 4.74 Å². The van der Waals surface area contributed by atoms with Gasteiger partial charge in [0, 0.05) is 13.1 Å². The molecule has 0 bridgehead atoms. The highest BCUT2D eigenvalue weighted by atomic mass is 32.2. The van der Waals surface area contributed by atoms with Crippen molar-refractivity contribution in [3.8, 4) is 5.75 Å². The normalized spacial score (nSPS) is 16.8. The van der Waals surface area contributed by atoms with Crippen LogP contribution in [0.25, 0.3) is 0 Å². The highest BCUT2D eigenvalue weighted by Gasteiger charge is 2.35. The average molecular weight is 442 g/mol. The maximum atomic E-state index is 13.0. The second-order valence-corrected chi connectivity index (χ2v) is 11.5. The molecule has 9 heteroatoms. The summed E-state index contributed by atoms with van der Waals surface area (Å²) in [6, 6.07) is 8.12. The number of hydrogen-bond donors (Lipinski definition) is 0. The molecule has 0 radical (unpaired) electrons. The van der Waals surface area contributed by atoms with E-state index in [-0.39, 0.29) is 36.6 Å². The number of ether oxygens (including phenoxy) is 1. The molecule has 0 atom stereocenters. The maximum Gasteiger partial charge on any atom is 0.243 e. The zero-order chi connectivity index (χ0) is 21.1. The van der Waals surface area contributed by atoms with Crippen molar-refractivity contribution in [2.75, 3.05) is 19.7 Å². The number of benzene rings is 1. The van der Waals surface area contributed by atoms with Crippen LogP contribution in [-0.4, -0.2) is 46.1 Å². The average Bonchev–Trinajstić information content (AvgIpc) is 3.19. The van der Waals surface area contributed by atoms with Crippen LogP contribution in [0.1, 0.15) is 37.5 Å². The first kappa shape index (κ1) is 21.9. The first-order chi connectivity index (χ1) is 13.7. The monoisotopic (exact) mass is 441 g/mol. The van der Waals surface area contributed by atoms with Crippen LogP contribution in [0.3, 0.4) is 0 Å². The van der Waals surface area contributed by atoms with Gasteiger partial charge >= 0.3 is 0 Å². The molecule has 1 aliphatic rings. The number of hydrogen-bond acceptors (Lipinski definition) is 6. The van der Waals surface area contributed by atoms with Crippen molar-refractivity contribution in [2.24, 2.45) is 0 Å². The summed E-state index contributed by atoms with van der Waals surface area (Å²) in [5.74, 6) is 0.921. The first-order valence-electron chi connectivity index (χ1n) is 9.71. The minimum Gasteiger partial charge on any atom is -0.493 e. The van der Waals surface area contributed by atoms with E-state index in [0.717, 1.165) is 12.0 Å². The van der Waals surface area contributed by atoms with E-state index in [0.29, 0.717) is 18.1 Å². The molecule has 0 amide bonds. The Hall–Kier alpha value is -1.84. The molecule has 0 saturated carbocycles. The van der Waals surface area contributed by atoms with Crippen molar-refractivity contribution in [1.29, 1.82) is 0 Å². The van der Waals surface area contributed by atoms with Crippen LogP contribution in [-0.2, 0) is 25.6 Å². The Morgan fingerprint density at radius 3 is 2.45 bits per heavy atom. The van der Waals surface area contributed by atoms with Crippen LogP contribution in [0, 0.1) is 6.92 Å². The molecular formula is C20H27NO6S2. The standard InChI is InChI=1S/C20H27NO6S2/c1-3-12-27-20-7-6-19(14-16(20)2)29(24,25)21-10-8-18(9-11-21)28(22,23)15-17-5-4-13-26-17/h4-7,13-14,18H,3,8-12,15H2,1-2H3. The number of sulfonamides is 1. The van der Waals surface area contributed by atoms with Gasteiger partial charge in [0.05, 0.1) is 23.0 Å². The Morgan fingerprint density at radius 1 is 1.14 bits per heavy atom. The van der Waals surface area contributed by atoms with Crippen molar-refractivity contribution >= 4 is 19.9 Å². The summed E-state index contributed by atoms with van der Waals surface area (Å²) >= 11 is 0. The van der Waals surface area contributed by atoms with E-state index >= 15 is 0 Å². The fourth-order valence-corrected chi connectivity index (χ4v) is 6.73. The number of nitrogens with zero attached hydrogens (tertiary/aromatic N) is 1. The van der Waals surface area contributed by atoms with Gasteiger partial charge in [0.25, 0.3) is 0 Å². The van der Waals surface area contributed by atoms with Crippen molar-refractivity contribution in [2.45, 2.75) is 49.0 Å². The summed E-state index contributed by atoms with van der Waals surface area (Å²) < 4.78 is 63.3. The molecule has 1 aliphatic heterocycles. The quantitative estimate of drug-likeness (QED) is 0.625. The molecule has 0 aliphatic carbocycles.